The number of rotatable bonds is 7. The molecule has 0 radical (unpaired) electrons. The number of nitrogens with two attached hydrogens (primary N) is 1. The van der Waals surface area contributed by atoms with Gasteiger partial charge in [0.1, 0.15) is 5.82 Å². The molecule has 0 fully saturated rings. The SMILES string of the molecule is CC(C)CC(C)(O)CNCc1cccc(/C(N)=N/O)c1F. The van der Waals surface area contributed by atoms with Gasteiger partial charge in [-0.1, -0.05) is 31.1 Å². The van der Waals surface area contributed by atoms with Crippen LogP contribution in [0.5, 0.6) is 0 Å². The smallest absolute Gasteiger partial charge is 0.173 e. The maximum Gasteiger partial charge on any atom is 0.173 e. The lowest BCUT2D eigenvalue weighted by atomic mass is 9.94. The topological polar surface area (TPSA) is 90.9 Å². The number of aliphatic hydroxyl groups is 1. The van der Waals surface area contributed by atoms with E-state index in [0.717, 1.165) is 0 Å². The van der Waals surface area contributed by atoms with Crippen LogP contribution >= 0.6 is 0 Å². The van der Waals surface area contributed by atoms with Crippen LogP contribution in [-0.4, -0.2) is 28.3 Å². The van der Waals surface area contributed by atoms with Gasteiger partial charge in [-0.3, -0.25) is 0 Å². The highest BCUT2D eigenvalue weighted by atomic mass is 19.1. The molecule has 118 valence electrons. The van der Waals surface area contributed by atoms with E-state index in [1.54, 1.807) is 19.1 Å². The Morgan fingerprint density at radius 3 is 2.71 bits per heavy atom. The van der Waals surface area contributed by atoms with Crippen molar-refractivity contribution in [2.75, 3.05) is 6.54 Å². The van der Waals surface area contributed by atoms with Crippen molar-refractivity contribution < 1.29 is 14.7 Å². The molecular formula is C15H24FN3O2. The first-order valence-electron chi connectivity index (χ1n) is 6.95. The third-order valence-electron chi connectivity index (χ3n) is 3.13. The van der Waals surface area contributed by atoms with Crippen LogP contribution in [-0.2, 0) is 6.54 Å². The summed E-state index contributed by atoms with van der Waals surface area (Å²) in [7, 11) is 0. The van der Waals surface area contributed by atoms with E-state index in [-0.39, 0.29) is 17.9 Å². The van der Waals surface area contributed by atoms with Crippen LogP contribution in [0.4, 0.5) is 4.39 Å². The van der Waals surface area contributed by atoms with E-state index in [2.05, 4.69) is 10.5 Å². The molecule has 0 aliphatic heterocycles. The van der Waals surface area contributed by atoms with Crippen molar-refractivity contribution >= 4 is 5.84 Å². The van der Waals surface area contributed by atoms with Crippen LogP contribution in [0.15, 0.2) is 23.4 Å². The Hall–Kier alpha value is -1.66. The molecule has 0 amide bonds. The first kappa shape index (κ1) is 17.4. The molecule has 0 heterocycles. The number of nitrogens with zero attached hydrogens (tertiary/aromatic N) is 1. The highest BCUT2D eigenvalue weighted by Crippen LogP contribution is 2.16. The van der Waals surface area contributed by atoms with Crippen molar-refractivity contribution in [3.63, 3.8) is 0 Å². The van der Waals surface area contributed by atoms with Crippen molar-refractivity contribution in [3.05, 3.63) is 35.1 Å². The van der Waals surface area contributed by atoms with Crippen LogP contribution in [0, 0.1) is 11.7 Å². The number of amidine groups is 1. The molecule has 0 spiro atoms. The minimum Gasteiger partial charge on any atom is -0.409 e. The van der Waals surface area contributed by atoms with E-state index < -0.39 is 11.4 Å². The highest BCUT2D eigenvalue weighted by molar-refractivity contribution is 5.97. The summed E-state index contributed by atoms with van der Waals surface area (Å²) in [5.74, 6) is -0.410. The molecule has 1 aromatic carbocycles. The van der Waals surface area contributed by atoms with Crippen molar-refractivity contribution in [1.29, 1.82) is 0 Å². The van der Waals surface area contributed by atoms with Gasteiger partial charge in [-0.05, 0) is 25.3 Å². The van der Waals surface area contributed by atoms with Gasteiger partial charge >= 0.3 is 0 Å². The first-order chi connectivity index (χ1) is 9.76. The quantitative estimate of drug-likeness (QED) is 0.267. The lowest BCUT2D eigenvalue weighted by Gasteiger charge is -2.25. The summed E-state index contributed by atoms with van der Waals surface area (Å²) < 4.78 is 14.2. The summed E-state index contributed by atoms with van der Waals surface area (Å²) in [4.78, 5) is 0. The Morgan fingerprint density at radius 1 is 1.48 bits per heavy atom. The Kier molecular flexibility index (Phi) is 6.11. The maximum atomic E-state index is 14.2. The van der Waals surface area contributed by atoms with Gasteiger partial charge in [-0.2, -0.15) is 0 Å². The zero-order chi connectivity index (χ0) is 16.0. The van der Waals surface area contributed by atoms with Crippen LogP contribution < -0.4 is 11.1 Å². The van der Waals surface area contributed by atoms with E-state index in [1.165, 1.54) is 6.07 Å². The second-order valence-corrected chi connectivity index (χ2v) is 5.96. The summed E-state index contributed by atoms with van der Waals surface area (Å²) >= 11 is 0. The minimum atomic E-state index is -0.839. The summed E-state index contributed by atoms with van der Waals surface area (Å²) in [5, 5.41) is 24.6. The van der Waals surface area contributed by atoms with Gasteiger partial charge in [-0.15, -0.1) is 0 Å². The molecule has 5 N–H and O–H groups in total. The number of benzene rings is 1. The lowest BCUT2D eigenvalue weighted by Crippen LogP contribution is -2.38. The van der Waals surface area contributed by atoms with E-state index in [4.69, 9.17) is 10.9 Å². The molecule has 0 bridgehead atoms. The number of hydrogen-bond donors (Lipinski definition) is 4. The summed E-state index contributed by atoms with van der Waals surface area (Å²) in [6.07, 6.45) is 0.659. The van der Waals surface area contributed by atoms with Crippen molar-refractivity contribution in [1.82, 2.24) is 5.32 Å². The summed E-state index contributed by atoms with van der Waals surface area (Å²) in [5.41, 5.74) is 5.04. The molecule has 21 heavy (non-hydrogen) atoms. The lowest BCUT2D eigenvalue weighted by molar-refractivity contribution is 0.0382. The fourth-order valence-corrected chi connectivity index (χ4v) is 2.39. The third-order valence-corrected chi connectivity index (χ3v) is 3.13. The van der Waals surface area contributed by atoms with Gasteiger partial charge in [0, 0.05) is 18.7 Å². The molecule has 0 aliphatic rings. The molecular weight excluding hydrogens is 273 g/mol. The van der Waals surface area contributed by atoms with Gasteiger partial charge in [0.05, 0.1) is 11.2 Å². The monoisotopic (exact) mass is 297 g/mol. The second-order valence-electron chi connectivity index (χ2n) is 5.96. The van der Waals surface area contributed by atoms with E-state index in [1.807, 2.05) is 13.8 Å². The molecule has 6 heteroatoms. The number of nitrogens with one attached hydrogen (secondary N) is 1. The van der Waals surface area contributed by atoms with Crippen LogP contribution in [0.3, 0.4) is 0 Å². The average Bonchev–Trinajstić information content (AvgIpc) is 2.38. The molecule has 5 nitrogen and oxygen atoms in total. The number of hydrogen-bond acceptors (Lipinski definition) is 4. The van der Waals surface area contributed by atoms with Crippen molar-refractivity contribution in [2.24, 2.45) is 16.8 Å². The highest BCUT2D eigenvalue weighted by Gasteiger charge is 2.21. The zero-order valence-electron chi connectivity index (χ0n) is 12.7. The van der Waals surface area contributed by atoms with E-state index in [0.29, 0.717) is 24.4 Å². The Labute approximate surface area is 124 Å². The summed E-state index contributed by atoms with van der Waals surface area (Å²) in [6, 6.07) is 4.70. The molecule has 1 aromatic rings. The molecule has 0 saturated heterocycles. The maximum absolute atomic E-state index is 14.2. The van der Waals surface area contributed by atoms with Crippen LogP contribution in [0.2, 0.25) is 0 Å². The molecule has 0 saturated carbocycles. The predicted molar refractivity (Wildman–Crippen MR) is 80.7 cm³/mol. The third kappa shape index (κ3) is 5.32. The zero-order valence-corrected chi connectivity index (χ0v) is 12.7. The van der Waals surface area contributed by atoms with Gasteiger partial charge in [0.25, 0.3) is 0 Å². The second kappa shape index (κ2) is 7.38. The molecule has 1 unspecified atom stereocenters. The molecule has 1 atom stereocenters. The number of oxime groups is 1. The van der Waals surface area contributed by atoms with E-state index >= 15 is 0 Å². The molecule has 0 aliphatic carbocycles. The van der Waals surface area contributed by atoms with Gasteiger partial charge in [-0.25, -0.2) is 4.39 Å². The van der Waals surface area contributed by atoms with Gasteiger partial charge < -0.3 is 21.4 Å². The standard InChI is InChI=1S/C15H24FN3O2/c1-10(2)7-15(3,20)9-18-8-11-5-4-6-12(13(11)16)14(17)19-21/h4-6,10,18,20-21H,7-9H2,1-3H3,(H2,17,19). The Bertz CT molecular complexity index is 502. The fourth-order valence-electron chi connectivity index (χ4n) is 2.39. The van der Waals surface area contributed by atoms with Gasteiger partial charge in [0.2, 0.25) is 0 Å². The Balaban J connectivity index is 2.69. The predicted octanol–water partition coefficient (Wildman–Crippen LogP) is 1.81. The summed E-state index contributed by atoms with van der Waals surface area (Å²) in [6.45, 7) is 6.44. The molecule has 1 rings (SSSR count). The number of halogens is 1. The van der Waals surface area contributed by atoms with Crippen LogP contribution in [0.25, 0.3) is 0 Å². The first-order valence-corrected chi connectivity index (χ1v) is 6.95. The minimum absolute atomic E-state index is 0.0609. The average molecular weight is 297 g/mol. The molecule has 0 aromatic heterocycles. The van der Waals surface area contributed by atoms with Gasteiger partial charge in [0.15, 0.2) is 5.84 Å². The van der Waals surface area contributed by atoms with Crippen LogP contribution in [0.1, 0.15) is 38.3 Å². The van der Waals surface area contributed by atoms with Crippen molar-refractivity contribution in [3.8, 4) is 0 Å². The van der Waals surface area contributed by atoms with Crippen molar-refractivity contribution in [2.45, 2.75) is 39.3 Å². The van der Waals surface area contributed by atoms with E-state index in [9.17, 15) is 9.50 Å². The Morgan fingerprint density at radius 2 is 2.14 bits per heavy atom. The normalized spacial score (nSPS) is 15.2. The largest absolute Gasteiger partial charge is 0.409 e. The fraction of sp³-hybridized carbons (Fsp3) is 0.533.